The molecule has 2 heterocycles. The van der Waals surface area contributed by atoms with Crippen LogP contribution >= 0.6 is 11.8 Å². The predicted octanol–water partition coefficient (Wildman–Crippen LogP) is 3.77. The molecule has 0 spiro atoms. The van der Waals surface area contributed by atoms with Crippen molar-refractivity contribution in [1.82, 2.24) is 19.5 Å². The Kier molecular flexibility index (Phi) is 4.99. The number of hydrogen-bond acceptors (Lipinski definition) is 4. The molecular formula is C19H24N4OS. The molecule has 0 radical (unpaired) electrons. The van der Waals surface area contributed by atoms with E-state index in [4.69, 9.17) is 0 Å². The highest BCUT2D eigenvalue weighted by atomic mass is 32.2. The van der Waals surface area contributed by atoms with Gasteiger partial charge in [0.2, 0.25) is 5.91 Å². The summed E-state index contributed by atoms with van der Waals surface area (Å²) in [5.41, 5.74) is 5.50. The molecule has 1 aromatic carbocycles. The molecule has 0 N–H and O–H groups in total. The van der Waals surface area contributed by atoms with Gasteiger partial charge in [0.25, 0.3) is 0 Å². The number of carbonyl (C=O) groups excluding carboxylic acids is 1. The highest BCUT2D eigenvalue weighted by molar-refractivity contribution is 7.99. The molecule has 0 saturated carbocycles. The minimum atomic E-state index is 0.136. The van der Waals surface area contributed by atoms with E-state index in [1.54, 1.807) is 0 Å². The number of hydrogen-bond donors (Lipinski definition) is 0. The van der Waals surface area contributed by atoms with Gasteiger partial charge < -0.3 is 4.90 Å². The first-order chi connectivity index (χ1) is 12.0. The van der Waals surface area contributed by atoms with Gasteiger partial charge in [0.15, 0.2) is 10.8 Å². The normalized spacial score (nSPS) is 11.4. The van der Waals surface area contributed by atoms with Gasteiger partial charge in [0.1, 0.15) is 0 Å². The molecule has 5 nitrogen and oxygen atoms in total. The summed E-state index contributed by atoms with van der Waals surface area (Å²) >= 11 is 1.46. The van der Waals surface area contributed by atoms with Crippen LogP contribution in [-0.2, 0) is 4.79 Å². The van der Waals surface area contributed by atoms with Crippen molar-refractivity contribution in [2.24, 2.45) is 0 Å². The van der Waals surface area contributed by atoms with E-state index in [1.807, 2.05) is 18.7 Å². The monoisotopic (exact) mass is 356 g/mol. The topological polar surface area (TPSA) is 50.5 Å². The molecule has 0 saturated heterocycles. The SMILES string of the molecule is CCN(CC)C(=O)CSc1nnc2c(C)cc3c(C)ccc(C)c3n12. The van der Waals surface area contributed by atoms with Gasteiger partial charge in [0.05, 0.1) is 11.3 Å². The molecule has 1 amide bonds. The van der Waals surface area contributed by atoms with Gasteiger partial charge >= 0.3 is 0 Å². The lowest BCUT2D eigenvalue weighted by Gasteiger charge is -2.18. The highest BCUT2D eigenvalue weighted by Crippen LogP contribution is 2.29. The summed E-state index contributed by atoms with van der Waals surface area (Å²) in [6, 6.07) is 6.45. The number of rotatable bonds is 5. The van der Waals surface area contributed by atoms with Crippen LogP contribution in [0.15, 0.2) is 23.4 Å². The first-order valence-electron chi connectivity index (χ1n) is 8.63. The Balaban J connectivity index is 2.08. The smallest absolute Gasteiger partial charge is 0.233 e. The standard InChI is InChI=1S/C19H24N4OS/c1-6-22(7-2)16(24)11-25-19-21-20-18-14(5)10-15-12(3)8-9-13(4)17(15)23(18)19/h8-10H,6-7,11H2,1-5H3. The van der Waals surface area contributed by atoms with Gasteiger partial charge in [-0.15, -0.1) is 10.2 Å². The van der Waals surface area contributed by atoms with Gasteiger partial charge in [-0.05, 0) is 57.4 Å². The molecule has 0 atom stereocenters. The zero-order valence-corrected chi connectivity index (χ0v) is 16.3. The summed E-state index contributed by atoms with van der Waals surface area (Å²) in [6.45, 7) is 11.7. The number of aromatic nitrogens is 3. The zero-order valence-electron chi connectivity index (χ0n) is 15.5. The minimum Gasteiger partial charge on any atom is -0.343 e. The van der Waals surface area contributed by atoms with Gasteiger partial charge in [-0.25, -0.2) is 0 Å². The number of carbonyl (C=O) groups is 1. The van der Waals surface area contributed by atoms with Crippen molar-refractivity contribution in [3.63, 3.8) is 0 Å². The molecule has 25 heavy (non-hydrogen) atoms. The fraction of sp³-hybridized carbons (Fsp3) is 0.421. The minimum absolute atomic E-state index is 0.136. The van der Waals surface area contributed by atoms with Crippen LogP contribution in [0.1, 0.15) is 30.5 Å². The highest BCUT2D eigenvalue weighted by Gasteiger charge is 2.17. The molecule has 0 aliphatic carbocycles. The van der Waals surface area contributed by atoms with E-state index in [1.165, 1.54) is 28.3 Å². The third kappa shape index (κ3) is 3.11. The van der Waals surface area contributed by atoms with Gasteiger partial charge in [-0.1, -0.05) is 23.9 Å². The van der Waals surface area contributed by atoms with E-state index in [0.29, 0.717) is 5.75 Å². The Morgan fingerprint density at radius 3 is 2.44 bits per heavy atom. The Morgan fingerprint density at radius 2 is 1.76 bits per heavy atom. The van der Waals surface area contributed by atoms with Gasteiger partial charge in [-0.2, -0.15) is 0 Å². The van der Waals surface area contributed by atoms with Crippen molar-refractivity contribution >= 4 is 34.2 Å². The summed E-state index contributed by atoms with van der Waals surface area (Å²) in [4.78, 5) is 14.2. The number of pyridine rings is 1. The van der Waals surface area contributed by atoms with Crippen LogP contribution in [-0.4, -0.2) is 44.2 Å². The maximum atomic E-state index is 12.3. The van der Waals surface area contributed by atoms with Crippen LogP contribution in [0.3, 0.4) is 0 Å². The molecule has 0 aliphatic rings. The maximum absolute atomic E-state index is 12.3. The second kappa shape index (κ2) is 7.04. The molecule has 2 aromatic heterocycles. The molecule has 6 heteroatoms. The summed E-state index contributed by atoms with van der Waals surface area (Å²) in [7, 11) is 0. The van der Waals surface area contributed by atoms with E-state index in [0.717, 1.165) is 35.0 Å². The molecule has 0 bridgehead atoms. The van der Waals surface area contributed by atoms with Crippen LogP contribution in [0.2, 0.25) is 0 Å². The van der Waals surface area contributed by atoms with E-state index in [2.05, 4.69) is 53.6 Å². The quantitative estimate of drug-likeness (QED) is 0.653. The first-order valence-corrected chi connectivity index (χ1v) is 9.61. The van der Waals surface area contributed by atoms with E-state index in [9.17, 15) is 4.79 Å². The molecule has 132 valence electrons. The summed E-state index contributed by atoms with van der Waals surface area (Å²) in [5.74, 6) is 0.514. The van der Waals surface area contributed by atoms with E-state index in [-0.39, 0.29) is 5.91 Å². The molecular weight excluding hydrogens is 332 g/mol. The molecule has 0 aliphatic heterocycles. The second-order valence-electron chi connectivity index (χ2n) is 6.29. The number of aryl methyl sites for hydroxylation is 3. The predicted molar refractivity (Wildman–Crippen MR) is 103 cm³/mol. The molecule has 0 fully saturated rings. The maximum Gasteiger partial charge on any atom is 0.233 e. The van der Waals surface area contributed by atoms with E-state index >= 15 is 0 Å². The van der Waals surface area contributed by atoms with Crippen LogP contribution in [0.4, 0.5) is 0 Å². The van der Waals surface area contributed by atoms with Crippen molar-refractivity contribution in [2.45, 2.75) is 39.8 Å². The van der Waals surface area contributed by atoms with Crippen molar-refractivity contribution in [2.75, 3.05) is 18.8 Å². The zero-order chi connectivity index (χ0) is 18.1. The number of nitrogens with zero attached hydrogens (tertiary/aromatic N) is 4. The van der Waals surface area contributed by atoms with Crippen LogP contribution in [0.25, 0.3) is 16.6 Å². The van der Waals surface area contributed by atoms with E-state index < -0.39 is 0 Å². The number of fused-ring (bicyclic) bond motifs is 3. The van der Waals surface area contributed by atoms with Gasteiger partial charge in [0, 0.05) is 18.5 Å². The largest absolute Gasteiger partial charge is 0.343 e. The fourth-order valence-corrected chi connectivity index (χ4v) is 4.03. The van der Waals surface area contributed by atoms with Crippen molar-refractivity contribution in [3.8, 4) is 0 Å². The average Bonchev–Trinajstić information content (AvgIpc) is 3.02. The third-order valence-electron chi connectivity index (χ3n) is 4.65. The van der Waals surface area contributed by atoms with Gasteiger partial charge in [-0.3, -0.25) is 9.20 Å². The average molecular weight is 356 g/mol. The Hall–Kier alpha value is -2.08. The summed E-state index contributed by atoms with van der Waals surface area (Å²) in [5, 5.41) is 10.7. The van der Waals surface area contributed by atoms with Crippen LogP contribution in [0, 0.1) is 20.8 Å². The summed E-state index contributed by atoms with van der Waals surface area (Å²) in [6.07, 6.45) is 0. The Morgan fingerprint density at radius 1 is 1.08 bits per heavy atom. The second-order valence-corrected chi connectivity index (χ2v) is 7.23. The van der Waals surface area contributed by atoms with Crippen molar-refractivity contribution in [1.29, 1.82) is 0 Å². The van der Waals surface area contributed by atoms with Crippen LogP contribution in [0.5, 0.6) is 0 Å². The number of thioether (sulfide) groups is 1. The molecule has 3 aromatic rings. The Labute approximate surface area is 152 Å². The number of benzene rings is 1. The summed E-state index contributed by atoms with van der Waals surface area (Å²) < 4.78 is 2.10. The molecule has 0 unspecified atom stereocenters. The lowest BCUT2D eigenvalue weighted by Crippen LogP contribution is -2.31. The van der Waals surface area contributed by atoms with Crippen molar-refractivity contribution < 1.29 is 4.79 Å². The number of amides is 1. The Bertz CT molecular complexity index is 944. The molecule has 3 rings (SSSR count). The van der Waals surface area contributed by atoms with Crippen molar-refractivity contribution in [3.05, 3.63) is 34.9 Å². The first kappa shape index (κ1) is 17.7. The lowest BCUT2D eigenvalue weighted by molar-refractivity contribution is -0.127. The fourth-order valence-electron chi connectivity index (χ4n) is 3.19. The third-order valence-corrected chi connectivity index (χ3v) is 5.56. The van der Waals surface area contributed by atoms with Crippen LogP contribution < -0.4 is 0 Å². The lowest BCUT2D eigenvalue weighted by atomic mass is 10.0.